The molecule has 0 aromatic rings. The van der Waals surface area contributed by atoms with Crippen LogP contribution in [0, 0.1) is 0 Å². The van der Waals surface area contributed by atoms with Crippen LogP contribution in [0.5, 0.6) is 0 Å². The van der Waals surface area contributed by atoms with E-state index in [0.29, 0.717) is 38.1 Å². The number of amides is 2. The Hall–Kier alpha value is -0.750. The molecular weight excluding hydrogens is 240 g/mol. The molecule has 5 nitrogen and oxygen atoms in total. The van der Waals surface area contributed by atoms with Crippen molar-refractivity contribution in [1.29, 1.82) is 0 Å². The number of carbonyl (C=O) groups excluding carboxylic acids is 2. The lowest BCUT2D eigenvalue weighted by Crippen LogP contribution is -2.51. The Balaban J connectivity index is 1.91. The molecule has 0 spiro atoms. The summed E-state index contributed by atoms with van der Waals surface area (Å²) in [5.74, 6) is 1.41. The summed E-state index contributed by atoms with van der Waals surface area (Å²) < 4.78 is 0. The van der Waals surface area contributed by atoms with Gasteiger partial charge in [-0.1, -0.05) is 0 Å². The summed E-state index contributed by atoms with van der Waals surface area (Å²) in [6.07, 6.45) is 1.49. The van der Waals surface area contributed by atoms with Gasteiger partial charge in [0.15, 0.2) is 0 Å². The largest absolute Gasteiger partial charge is 0.393 e. The SMILES string of the molecule is O=C1CCSC[C@H](C(=O)N2CCC(O)CC2)N1. The van der Waals surface area contributed by atoms with Gasteiger partial charge < -0.3 is 15.3 Å². The number of nitrogens with zero attached hydrogens (tertiary/aromatic N) is 1. The van der Waals surface area contributed by atoms with E-state index < -0.39 is 0 Å². The van der Waals surface area contributed by atoms with Crippen LogP contribution in [-0.2, 0) is 9.59 Å². The highest BCUT2D eigenvalue weighted by Gasteiger charge is 2.29. The number of nitrogens with one attached hydrogen (secondary N) is 1. The topological polar surface area (TPSA) is 69.6 Å². The summed E-state index contributed by atoms with van der Waals surface area (Å²) >= 11 is 1.64. The van der Waals surface area contributed by atoms with Crippen molar-refractivity contribution in [1.82, 2.24) is 10.2 Å². The van der Waals surface area contributed by atoms with Crippen molar-refractivity contribution in [3.8, 4) is 0 Å². The van der Waals surface area contributed by atoms with Gasteiger partial charge in [-0.05, 0) is 12.8 Å². The first kappa shape index (κ1) is 12.7. The third-order valence-electron chi connectivity index (χ3n) is 3.17. The van der Waals surface area contributed by atoms with Crippen molar-refractivity contribution in [2.75, 3.05) is 24.6 Å². The van der Waals surface area contributed by atoms with E-state index in [0.717, 1.165) is 5.75 Å². The summed E-state index contributed by atoms with van der Waals surface area (Å²) in [6, 6.07) is -0.384. The fourth-order valence-electron chi connectivity index (χ4n) is 2.11. The van der Waals surface area contributed by atoms with Crippen LogP contribution in [0.15, 0.2) is 0 Å². The summed E-state index contributed by atoms with van der Waals surface area (Å²) in [5.41, 5.74) is 0. The molecular formula is C11H18N2O3S. The second kappa shape index (κ2) is 5.73. The molecule has 2 saturated heterocycles. The molecule has 2 aliphatic heterocycles. The second-order valence-corrected chi connectivity index (χ2v) is 5.65. The minimum Gasteiger partial charge on any atom is -0.393 e. The summed E-state index contributed by atoms with van der Waals surface area (Å²) in [4.78, 5) is 25.3. The second-order valence-electron chi connectivity index (χ2n) is 4.50. The minimum atomic E-state index is -0.384. The van der Waals surface area contributed by atoms with Gasteiger partial charge in [-0.15, -0.1) is 0 Å². The molecule has 0 aromatic heterocycles. The molecule has 0 radical (unpaired) electrons. The van der Waals surface area contributed by atoms with E-state index in [1.807, 2.05) is 0 Å². The molecule has 0 aromatic carbocycles. The number of thioether (sulfide) groups is 1. The molecule has 1 atom stereocenters. The minimum absolute atomic E-state index is 0.000324. The van der Waals surface area contributed by atoms with Gasteiger partial charge in [-0.25, -0.2) is 0 Å². The molecule has 0 bridgehead atoms. The molecule has 0 aliphatic carbocycles. The van der Waals surface area contributed by atoms with Crippen molar-refractivity contribution in [3.63, 3.8) is 0 Å². The van der Waals surface area contributed by atoms with Crippen molar-refractivity contribution in [2.24, 2.45) is 0 Å². The molecule has 6 heteroatoms. The van der Waals surface area contributed by atoms with Gasteiger partial charge in [-0.2, -0.15) is 11.8 Å². The molecule has 2 amide bonds. The quantitative estimate of drug-likeness (QED) is 0.671. The molecule has 2 aliphatic rings. The maximum atomic E-state index is 12.2. The van der Waals surface area contributed by atoms with E-state index >= 15 is 0 Å². The van der Waals surface area contributed by atoms with Crippen LogP contribution < -0.4 is 5.32 Å². The van der Waals surface area contributed by atoms with Gasteiger partial charge in [0.2, 0.25) is 11.8 Å². The van der Waals surface area contributed by atoms with Crippen molar-refractivity contribution in [3.05, 3.63) is 0 Å². The summed E-state index contributed by atoms with van der Waals surface area (Å²) in [6.45, 7) is 1.19. The molecule has 2 fully saturated rings. The summed E-state index contributed by atoms with van der Waals surface area (Å²) in [5, 5.41) is 12.2. The Morgan fingerprint density at radius 1 is 1.41 bits per heavy atom. The van der Waals surface area contributed by atoms with Crippen LogP contribution in [0.2, 0.25) is 0 Å². The lowest BCUT2D eigenvalue weighted by molar-refractivity contribution is -0.137. The van der Waals surface area contributed by atoms with Crippen molar-refractivity contribution in [2.45, 2.75) is 31.4 Å². The number of likely N-dealkylation sites (tertiary alicyclic amines) is 1. The van der Waals surface area contributed by atoms with E-state index in [2.05, 4.69) is 5.32 Å². The molecule has 96 valence electrons. The predicted octanol–water partition coefficient (Wildman–Crippen LogP) is -0.409. The standard InChI is InChI=1S/C11H18N2O3S/c14-8-1-4-13(5-2-8)11(16)9-7-17-6-3-10(15)12-9/h8-9,14H,1-7H2,(H,12,15)/t9-/m1/s1. The molecule has 2 rings (SSSR count). The molecule has 2 N–H and O–H groups in total. The zero-order valence-electron chi connectivity index (χ0n) is 9.72. The smallest absolute Gasteiger partial charge is 0.246 e. The first-order valence-corrected chi connectivity index (χ1v) is 7.16. The molecule has 0 saturated carbocycles. The lowest BCUT2D eigenvalue weighted by Gasteiger charge is -2.32. The van der Waals surface area contributed by atoms with Crippen LogP contribution in [0.1, 0.15) is 19.3 Å². The Labute approximate surface area is 105 Å². The Bertz CT molecular complexity index is 303. The first-order chi connectivity index (χ1) is 8.16. The normalized spacial score (nSPS) is 27.5. The van der Waals surface area contributed by atoms with Gasteiger partial charge in [-0.3, -0.25) is 9.59 Å². The number of aliphatic hydroxyl groups is 1. The number of hydrogen-bond donors (Lipinski definition) is 2. The highest BCUT2D eigenvalue weighted by Crippen LogP contribution is 2.15. The number of piperidine rings is 1. The fourth-order valence-corrected chi connectivity index (χ4v) is 3.07. The number of rotatable bonds is 1. The van der Waals surface area contributed by atoms with Crippen LogP contribution in [0.25, 0.3) is 0 Å². The average molecular weight is 258 g/mol. The van der Waals surface area contributed by atoms with Gasteiger partial charge >= 0.3 is 0 Å². The van der Waals surface area contributed by atoms with E-state index in [4.69, 9.17) is 0 Å². The highest BCUT2D eigenvalue weighted by molar-refractivity contribution is 7.99. The Morgan fingerprint density at radius 2 is 2.12 bits per heavy atom. The fraction of sp³-hybridized carbons (Fsp3) is 0.818. The maximum absolute atomic E-state index is 12.2. The number of carbonyl (C=O) groups is 2. The van der Waals surface area contributed by atoms with E-state index in [1.54, 1.807) is 16.7 Å². The van der Waals surface area contributed by atoms with E-state index in [9.17, 15) is 14.7 Å². The third kappa shape index (κ3) is 3.35. The van der Waals surface area contributed by atoms with Crippen LogP contribution in [0.3, 0.4) is 0 Å². The Kier molecular flexibility index (Phi) is 4.28. The van der Waals surface area contributed by atoms with Gasteiger partial charge in [0, 0.05) is 31.0 Å². The zero-order chi connectivity index (χ0) is 12.3. The monoisotopic (exact) mass is 258 g/mol. The molecule has 17 heavy (non-hydrogen) atoms. The van der Waals surface area contributed by atoms with Crippen LogP contribution >= 0.6 is 11.8 Å². The van der Waals surface area contributed by atoms with Crippen LogP contribution in [-0.4, -0.2) is 58.6 Å². The van der Waals surface area contributed by atoms with Gasteiger partial charge in [0.1, 0.15) is 6.04 Å². The van der Waals surface area contributed by atoms with Gasteiger partial charge in [0.25, 0.3) is 0 Å². The van der Waals surface area contributed by atoms with Crippen molar-refractivity contribution >= 4 is 23.6 Å². The maximum Gasteiger partial charge on any atom is 0.246 e. The average Bonchev–Trinajstić information content (AvgIpc) is 2.54. The molecule has 2 heterocycles. The number of hydrogen-bond acceptors (Lipinski definition) is 4. The lowest BCUT2D eigenvalue weighted by atomic mass is 10.1. The predicted molar refractivity (Wildman–Crippen MR) is 65.7 cm³/mol. The Morgan fingerprint density at radius 3 is 2.82 bits per heavy atom. The van der Waals surface area contributed by atoms with Crippen LogP contribution in [0.4, 0.5) is 0 Å². The highest BCUT2D eigenvalue weighted by atomic mass is 32.2. The van der Waals surface area contributed by atoms with E-state index in [-0.39, 0.29) is 24.0 Å². The third-order valence-corrected chi connectivity index (χ3v) is 4.23. The van der Waals surface area contributed by atoms with Crippen molar-refractivity contribution < 1.29 is 14.7 Å². The first-order valence-electron chi connectivity index (χ1n) is 6.01. The van der Waals surface area contributed by atoms with E-state index in [1.165, 1.54) is 0 Å². The summed E-state index contributed by atoms with van der Waals surface area (Å²) in [7, 11) is 0. The molecule has 0 unspecified atom stereocenters. The number of aliphatic hydroxyl groups excluding tert-OH is 1. The zero-order valence-corrected chi connectivity index (χ0v) is 10.5. The van der Waals surface area contributed by atoms with Gasteiger partial charge in [0.05, 0.1) is 6.10 Å².